The minimum Gasteiger partial charge on any atom is -0.496 e. The van der Waals surface area contributed by atoms with Crippen molar-refractivity contribution in [1.29, 1.82) is 0 Å². The van der Waals surface area contributed by atoms with Gasteiger partial charge in [0.2, 0.25) is 5.91 Å². The zero-order valence-corrected chi connectivity index (χ0v) is 14.1. The highest BCUT2D eigenvalue weighted by Crippen LogP contribution is 2.21. The number of methoxy groups -OCH3 is 1. The first kappa shape index (κ1) is 17.5. The number of amides is 1. The van der Waals surface area contributed by atoms with Crippen molar-refractivity contribution in [3.05, 3.63) is 29.8 Å². The van der Waals surface area contributed by atoms with Crippen molar-refractivity contribution in [3.63, 3.8) is 0 Å². The number of hydrogen-bond acceptors (Lipinski definition) is 3. The number of rotatable bonds is 7. The Morgan fingerprint density at radius 2 is 2.00 bits per heavy atom. The SMILES string of the molecule is CCNC(C)(C)C(=O)N(C)C(C)Cc1ccccc1OC. The number of likely N-dealkylation sites (N-methyl/N-ethyl adjacent to an activating group) is 2. The quantitative estimate of drug-likeness (QED) is 0.839. The van der Waals surface area contributed by atoms with Crippen LogP contribution in [0.4, 0.5) is 0 Å². The summed E-state index contributed by atoms with van der Waals surface area (Å²) >= 11 is 0. The van der Waals surface area contributed by atoms with Crippen LogP contribution in [0.5, 0.6) is 5.75 Å². The lowest BCUT2D eigenvalue weighted by molar-refractivity contribution is -0.137. The van der Waals surface area contributed by atoms with Crippen molar-refractivity contribution < 1.29 is 9.53 Å². The third-order valence-electron chi connectivity index (χ3n) is 3.84. The first-order chi connectivity index (χ1) is 9.83. The molecule has 1 amide bonds. The number of para-hydroxylation sites is 1. The van der Waals surface area contributed by atoms with Crippen molar-refractivity contribution in [1.82, 2.24) is 10.2 Å². The molecule has 0 fully saturated rings. The number of carbonyl (C=O) groups excluding carboxylic acids is 1. The third-order valence-corrected chi connectivity index (χ3v) is 3.84. The second-order valence-electron chi connectivity index (χ2n) is 5.94. The Hall–Kier alpha value is -1.55. The standard InChI is InChI=1S/C17H28N2O2/c1-7-18-17(3,4)16(20)19(5)13(2)12-14-10-8-9-11-15(14)21-6/h8-11,13,18H,7,12H2,1-6H3. The Morgan fingerprint density at radius 3 is 2.57 bits per heavy atom. The van der Waals surface area contributed by atoms with E-state index in [1.807, 2.05) is 57.0 Å². The van der Waals surface area contributed by atoms with E-state index in [2.05, 4.69) is 12.2 Å². The Labute approximate surface area is 128 Å². The van der Waals surface area contributed by atoms with E-state index in [-0.39, 0.29) is 11.9 Å². The number of nitrogens with one attached hydrogen (secondary N) is 1. The lowest BCUT2D eigenvalue weighted by atomic mass is 10.00. The third kappa shape index (κ3) is 4.46. The fourth-order valence-corrected chi connectivity index (χ4v) is 2.49. The van der Waals surface area contributed by atoms with E-state index in [9.17, 15) is 4.79 Å². The van der Waals surface area contributed by atoms with Gasteiger partial charge in [0, 0.05) is 13.1 Å². The number of benzene rings is 1. The van der Waals surface area contributed by atoms with Crippen LogP contribution in [0.15, 0.2) is 24.3 Å². The normalized spacial score (nSPS) is 12.9. The highest BCUT2D eigenvalue weighted by molar-refractivity contribution is 5.85. The largest absolute Gasteiger partial charge is 0.496 e. The maximum Gasteiger partial charge on any atom is 0.242 e. The van der Waals surface area contributed by atoms with Gasteiger partial charge in [-0.25, -0.2) is 0 Å². The van der Waals surface area contributed by atoms with E-state index in [4.69, 9.17) is 4.74 Å². The molecule has 0 aliphatic carbocycles. The molecule has 118 valence electrons. The highest BCUT2D eigenvalue weighted by Gasteiger charge is 2.31. The second-order valence-corrected chi connectivity index (χ2v) is 5.94. The van der Waals surface area contributed by atoms with Crippen LogP contribution < -0.4 is 10.1 Å². The molecule has 0 aliphatic rings. The summed E-state index contributed by atoms with van der Waals surface area (Å²) in [6.07, 6.45) is 0.772. The molecule has 4 nitrogen and oxygen atoms in total. The monoisotopic (exact) mass is 292 g/mol. The first-order valence-electron chi connectivity index (χ1n) is 7.47. The Kier molecular flexibility index (Phi) is 6.21. The molecule has 0 saturated carbocycles. The fraction of sp³-hybridized carbons (Fsp3) is 0.588. The average Bonchev–Trinajstić information content (AvgIpc) is 2.46. The Balaban J connectivity index is 2.79. The summed E-state index contributed by atoms with van der Waals surface area (Å²) in [5.41, 5.74) is 0.576. The maximum atomic E-state index is 12.6. The summed E-state index contributed by atoms with van der Waals surface area (Å²) < 4.78 is 5.38. The van der Waals surface area contributed by atoms with Gasteiger partial charge < -0.3 is 15.0 Å². The van der Waals surface area contributed by atoms with Crippen molar-refractivity contribution in [3.8, 4) is 5.75 Å². The number of nitrogens with zero attached hydrogens (tertiary/aromatic N) is 1. The van der Waals surface area contributed by atoms with E-state index in [1.54, 1.807) is 7.11 Å². The van der Waals surface area contributed by atoms with Gasteiger partial charge in [0.1, 0.15) is 5.75 Å². The number of carbonyl (C=O) groups is 1. The van der Waals surface area contributed by atoms with E-state index in [0.29, 0.717) is 0 Å². The molecular weight excluding hydrogens is 264 g/mol. The molecule has 0 radical (unpaired) electrons. The topological polar surface area (TPSA) is 41.6 Å². The summed E-state index contributed by atoms with van der Waals surface area (Å²) in [7, 11) is 3.54. The van der Waals surface area contributed by atoms with Crippen LogP contribution in [0, 0.1) is 0 Å². The smallest absolute Gasteiger partial charge is 0.242 e. The van der Waals surface area contributed by atoms with E-state index in [1.165, 1.54) is 0 Å². The van der Waals surface area contributed by atoms with Gasteiger partial charge in [0.05, 0.1) is 12.6 Å². The van der Waals surface area contributed by atoms with E-state index < -0.39 is 5.54 Å². The molecule has 0 aliphatic heterocycles. The molecule has 1 aromatic rings. The molecule has 1 aromatic carbocycles. The number of hydrogen-bond donors (Lipinski definition) is 1. The second kappa shape index (κ2) is 7.46. The zero-order valence-electron chi connectivity index (χ0n) is 14.1. The predicted molar refractivity (Wildman–Crippen MR) is 86.7 cm³/mol. The highest BCUT2D eigenvalue weighted by atomic mass is 16.5. The molecule has 1 rings (SSSR count). The molecule has 1 atom stereocenters. The summed E-state index contributed by atoms with van der Waals surface area (Å²) in [5, 5.41) is 3.23. The minimum atomic E-state index is -0.543. The van der Waals surface area contributed by atoms with Gasteiger partial charge in [0.25, 0.3) is 0 Å². The molecule has 0 heterocycles. The van der Waals surface area contributed by atoms with Crippen molar-refractivity contribution in [2.45, 2.75) is 45.7 Å². The van der Waals surface area contributed by atoms with Gasteiger partial charge in [-0.3, -0.25) is 4.79 Å². The minimum absolute atomic E-state index is 0.103. The van der Waals surface area contributed by atoms with Gasteiger partial charge in [-0.2, -0.15) is 0 Å². The maximum absolute atomic E-state index is 12.6. The average molecular weight is 292 g/mol. The molecule has 0 saturated heterocycles. The molecule has 1 unspecified atom stereocenters. The molecular formula is C17H28N2O2. The van der Waals surface area contributed by atoms with Crippen molar-refractivity contribution >= 4 is 5.91 Å². The van der Waals surface area contributed by atoms with Gasteiger partial charge >= 0.3 is 0 Å². The molecule has 4 heteroatoms. The van der Waals surface area contributed by atoms with Gasteiger partial charge in [-0.1, -0.05) is 25.1 Å². The fourth-order valence-electron chi connectivity index (χ4n) is 2.49. The molecule has 1 N–H and O–H groups in total. The van der Waals surface area contributed by atoms with Crippen LogP contribution >= 0.6 is 0 Å². The Bertz CT molecular complexity index is 472. The van der Waals surface area contributed by atoms with Crippen LogP contribution in [-0.4, -0.2) is 43.1 Å². The first-order valence-corrected chi connectivity index (χ1v) is 7.47. The summed E-state index contributed by atoms with van der Waals surface area (Å²) in [5.74, 6) is 0.975. The van der Waals surface area contributed by atoms with Gasteiger partial charge in [-0.15, -0.1) is 0 Å². The van der Waals surface area contributed by atoms with Crippen LogP contribution in [0.2, 0.25) is 0 Å². The lowest BCUT2D eigenvalue weighted by Crippen LogP contribution is -2.55. The molecule has 0 aromatic heterocycles. The Morgan fingerprint density at radius 1 is 1.38 bits per heavy atom. The summed E-state index contributed by atoms with van der Waals surface area (Å²) in [6.45, 7) is 8.68. The molecule has 21 heavy (non-hydrogen) atoms. The van der Waals surface area contributed by atoms with E-state index in [0.717, 1.165) is 24.3 Å². The zero-order chi connectivity index (χ0) is 16.0. The van der Waals surface area contributed by atoms with Gasteiger partial charge in [-0.05, 0) is 45.4 Å². The summed E-state index contributed by atoms with van der Waals surface area (Å²) in [4.78, 5) is 14.4. The molecule has 0 bridgehead atoms. The lowest BCUT2D eigenvalue weighted by Gasteiger charge is -2.34. The van der Waals surface area contributed by atoms with Crippen LogP contribution in [0.25, 0.3) is 0 Å². The van der Waals surface area contributed by atoms with Crippen LogP contribution in [-0.2, 0) is 11.2 Å². The predicted octanol–water partition coefficient (Wildman–Crippen LogP) is 2.47. The van der Waals surface area contributed by atoms with Crippen LogP contribution in [0.1, 0.15) is 33.3 Å². The molecule has 0 spiro atoms. The van der Waals surface area contributed by atoms with Crippen molar-refractivity contribution in [2.75, 3.05) is 20.7 Å². The van der Waals surface area contributed by atoms with Crippen molar-refractivity contribution in [2.24, 2.45) is 0 Å². The van der Waals surface area contributed by atoms with Gasteiger partial charge in [0.15, 0.2) is 0 Å². The summed E-state index contributed by atoms with van der Waals surface area (Å²) in [6, 6.07) is 8.05. The van der Waals surface area contributed by atoms with Crippen LogP contribution in [0.3, 0.4) is 0 Å². The number of ether oxygens (including phenoxy) is 1. The van der Waals surface area contributed by atoms with E-state index >= 15 is 0 Å².